The van der Waals surface area contributed by atoms with Gasteiger partial charge in [-0.3, -0.25) is 0 Å². The summed E-state index contributed by atoms with van der Waals surface area (Å²) in [6.45, 7) is 0. The summed E-state index contributed by atoms with van der Waals surface area (Å²) in [6, 6.07) is 9.93. The Morgan fingerprint density at radius 2 is 1.95 bits per heavy atom. The molecule has 0 saturated heterocycles. The molecule has 8 heteroatoms. The second kappa shape index (κ2) is 6.31. The maximum absolute atomic E-state index is 12.4. The first kappa shape index (κ1) is 15.6. The SMILES string of the molecule is NC(=S)C(NS(=O)(=O)c1sccc1Br)c1ccccc1. The molecule has 20 heavy (non-hydrogen) atoms. The predicted octanol–water partition coefficient (Wildman–Crippen LogP) is 2.82. The molecule has 0 aliphatic heterocycles. The van der Waals surface area contributed by atoms with Crippen molar-refractivity contribution in [2.45, 2.75) is 10.3 Å². The highest BCUT2D eigenvalue weighted by atomic mass is 79.9. The van der Waals surface area contributed by atoms with E-state index in [0.717, 1.165) is 11.3 Å². The molecular weight excluding hydrogens is 380 g/mol. The normalized spacial score (nSPS) is 13.1. The topological polar surface area (TPSA) is 72.2 Å². The number of benzene rings is 1. The molecule has 1 unspecified atom stereocenters. The summed E-state index contributed by atoms with van der Waals surface area (Å²) in [7, 11) is -3.69. The molecule has 1 atom stereocenters. The van der Waals surface area contributed by atoms with Crippen molar-refractivity contribution in [2.24, 2.45) is 5.73 Å². The van der Waals surface area contributed by atoms with Crippen LogP contribution < -0.4 is 10.5 Å². The molecule has 0 fully saturated rings. The minimum atomic E-state index is -3.69. The number of hydrogen-bond donors (Lipinski definition) is 2. The molecule has 0 bridgehead atoms. The first-order chi connectivity index (χ1) is 9.42. The van der Waals surface area contributed by atoms with Gasteiger partial charge in [0.1, 0.15) is 4.21 Å². The Morgan fingerprint density at radius 1 is 1.30 bits per heavy atom. The molecule has 1 aromatic carbocycles. The van der Waals surface area contributed by atoms with Crippen molar-refractivity contribution < 1.29 is 8.42 Å². The van der Waals surface area contributed by atoms with Crippen LogP contribution in [0.15, 0.2) is 50.5 Å². The largest absolute Gasteiger partial charge is 0.392 e. The van der Waals surface area contributed by atoms with Crippen LogP contribution in [0.1, 0.15) is 11.6 Å². The maximum Gasteiger partial charge on any atom is 0.252 e. The van der Waals surface area contributed by atoms with Gasteiger partial charge in [0, 0.05) is 4.47 Å². The minimum absolute atomic E-state index is 0.0763. The fourth-order valence-corrected chi connectivity index (χ4v) is 5.44. The molecule has 1 heterocycles. The number of nitrogens with two attached hydrogens (primary N) is 1. The number of halogens is 1. The van der Waals surface area contributed by atoms with Crippen LogP contribution in [-0.2, 0) is 10.0 Å². The van der Waals surface area contributed by atoms with Crippen LogP contribution in [0.25, 0.3) is 0 Å². The van der Waals surface area contributed by atoms with Crippen LogP contribution in [0, 0.1) is 0 Å². The summed E-state index contributed by atoms with van der Waals surface area (Å²) in [5.41, 5.74) is 6.37. The van der Waals surface area contributed by atoms with Crippen molar-refractivity contribution in [3.63, 3.8) is 0 Å². The monoisotopic (exact) mass is 390 g/mol. The van der Waals surface area contributed by atoms with Crippen LogP contribution >= 0.6 is 39.5 Å². The summed E-state index contributed by atoms with van der Waals surface area (Å²) in [6.07, 6.45) is 0. The van der Waals surface area contributed by atoms with Crippen molar-refractivity contribution >= 4 is 54.5 Å². The lowest BCUT2D eigenvalue weighted by atomic mass is 10.1. The second-order valence-electron chi connectivity index (χ2n) is 3.92. The van der Waals surface area contributed by atoms with Gasteiger partial charge in [-0.25, -0.2) is 8.42 Å². The summed E-state index contributed by atoms with van der Waals surface area (Å²) >= 11 is 9.31. The van der Waals surface area contributed by atoms with Crippen LogP contribution in [0.5, 0.6) is 0 Å². The second-order valence-corrected chi connectivity index (χ2v) is 8.07. The van der Waals surface area contributed by atoms with E-state index in [4.69, 9.17) is 18.0 Å². The van der Waals surface area contributed by atoms with E-state index < -0.39 is 16.1 Å². The lowest BCUT2D eigenvalue weighted by Gasteiger charge is -2.17. The quantitative estimate of drug-likeness (QED) is 0.769. The molecule has 0 saturated carbocycles. The summed E-state index contributed by atoms with van der Waals surface area (Å²) < 4.78 is 28.0. The Kier molecular flexibility index (Phi) is 4.92. The molecule has 1 aromatic heterocycles. The van der Waals surface area contributed by atoms with Gasteiger partial charge < -0.3 is 5.73 Å². The zero-order valence-corrected chi connectivity index (χ0v) is 14.2. The Labute approximate surface area is 135 Å². The van der Waals surface area contributed by atoms with Crippen LogP contribution in [0.3, 0.4) is 0 Å². The Bertz CT molecular complexity index is 713. The third-order valence-corrected chi connectivity index (χ3v) is 6.85. The standard InChI is InChI=1S/C12H11BrN2O2S3/c13-9-6-7-19-12(9)20(16,17)15-10(11(14)18)8-4-2-1-3-5-8/h1-7,10,15H,(H2,14,18). The number of hydrogen-bond acceptors (Lipinski definition) is 4. The molecular formula is C12H11BrN2O2S3. The average Bonchev–Trinajstić information content (AvgIpc) is 2.84. The zero-order valence-electron chi connectivity index (χ0n) is 10.1. The average molecular weight is 391 g/mol. The molecule has 4 nitrogen and oxygen atoms in total. The highest BCUT2D eigenvalue weighted by Crippen LogP contribution is 2.28. The predicted molar refractivity (Wildman–Crippen MR) is 88.3 cm³/mol. The maximum atomic E-state index is 12.4. The Hall–Kier alpha value is -0.800. The van der Waals surface area contributed by atoms with E-state index in [1.54, 1.807) is 35.7 Å². The van der Waals surface area contributed by atoms with E-state index in [-0.39, 0.29) is 9.20 Å². The van der Waals surface area contributed by atoms with Crippen molar-refractivity contribution in [1.29, 1.82) is 0 Å². The summed E-state index contributed by atoms with van der Waals surface area (Å²) in [4.78, 5) is 0.0763. The highest BCUT2D eigenvalue weighted by Gasteiger charge is 2.25. The van der Waals surface area contributed by atoms with Crippen LogP contribution in [-0.4, -0.2) is 13.4 Å². The lowest BCUT2D eigenvalue weighted by Crippen LogP contribution is -2.36. The van der Waals surface area contributed by atoms with Crippen molar-refractivity contribution in [3.8, 4) is 0 Å². The molecule has 106 valence electrons. The highest BCUT2D eigenvalue weighted by molar-refractivity contribution is 9.10. The van der Waals surface area contributed by atoms with E-state index in [1.807, 2.05) is 6.07 Å². The van der Waals surface area contributed by atoms with Gasteiger partial charge >= 0.3 is 0 Å². The third-order valence-electron chi connectivity index (χ3n) is 2.52. The molecule has 0 aliphatic rings. The van der Waals surface area contributed by atoms with E-state index in [2.05, 4.69) is 20.7 Å². The number of rotatable bonds is 5. The van der Waals surface area contributed by atoms with Crippen LogP contribution in [0.2, 0.25) is 0 Å². The number of nitrogens with one attached hydrogen (secondary N) is 1. The minimum Gasteiger partial charge on any atom is -0.392 e. The van der Waals surface area contributed by atoms with Gasteiger partial charge in [-0.2, -0.15) is 4.72 Å². The summed E-state index contributed by atoms with van der Waals surface area (Å²) in [5, 5.41) is 1.69. The number of sulfonamides is 1. The fourth-order valence-electron chi connectivity index (χ4n) is 1.62. The first-order valence-electron chi connectivity index (χ1n) is 5.51. The van der Waals surface area contributed by atoms with Gasteiger partial charge in [-0.05, 0) is 32.9 Å². The molecule has 2 aromatic rings. The van der Waals surface area contributed by atoms with Gasteiger partial charge in [0.05, 0.1) is 11.0 Å². The Morgan fingerprint density at radius 3 is 2.45 bits per heavy atom. The molecule has 0 spiro atoms. The van der Waals surface area contributed by atoms with Gasteiger partial charge in [-0.15, -0.1) is 11.3 Å². The van der Waals surface area contributed by atoms with E-state index in [1.165, 1.54) is 0 Å². The molecule has 3 N–H and O–H groups in total. The van der Waals surface area contributed by atoms with Crippen LogP contribution in [0.4, 0.5) is 0 Å². The van der Waals surface area contributed by atoms with Gasteiger partial charge in [0.15, 0.2) is 0 Å². The third kappa shape index (κ3) is 3.44. The lowest BCUT2D eigenvalue weighted by molar-refractivity contribution is 0.579. The molecule has 0 radical (unpaired) electrons. The number of thiocarbonyl (C=S) groups is 1. The molecule has 2 rings (SSSR count). The van der Waals surface area contributed by atoms with Crippen molar-refractivity contribution in [2.75, 3.05) is 0 Å². The van der Waals surface area contributed by atoms with Crippen molar-refractivity contribution in [1.82, 2.24) is 4.72 Å². The molecule has 0 aliphatic carbocycles. The Balaban J connectivity index is 2.35. The van der Waals surface area contributed by atoms with Gasteiger partial charge in [-0.1, -0.05) is 42.5 Å². The van der Waals surface area contributed by atoms with Gasteiger partial charge in [0.25, 0.3) is 10.0 Å². The first-order valence-corrected chi connectivity index (χ1v) is 9.08. The molecule has 0 amide bonds. The summed E-state index contributed by atoms with van der Waals surface area (Å²) in [5.74, 6) is 0. The van der Waals surface area contributed by atoms with E-state index in [0.29, 0.717) is 10.0 Å². The fraction of sp³-hybridized carbons (Fsp3) is 0.0833. The van der Waals surface area contributed by atoms with E-state index in [9.17, 15) is 8.42 Å². The smallest absolute Gasteiger partial charge is 0.252 e. The van der Waals surface area contributed by atoms with E-state index >= 15 is 0 Å². The van der Waals surface area contributed by atoms with Crippen molar-refractivity contribution in [3.05, 3.63) is 51.8 Å². The van der Waals surface area contributed by atoms with Gasteiger partial charge in [0.2, 0.25) is 0 Å². The number of thiophene rings is 1. The zero-order chi connectivity index (χ0) is 14.8.